The van der Waals surface area contributed by atoms with E-state index in [-0.39, 0.29) is 36.6 Å². The highest BCUT2D eigenvalue weighted by Crippen LogP contribution is 2.21. The van der Waals surface area contributed by atoms with E-state index < -0.39 is 9.84 Å². The van der Waals surface area contributed by atoms with Crippen LogP contribution >= 0.6 is 0 Å². The van der Waals surface area contributed by atoms with Crippen LogP contribution < -0.4 is 4.74 Å². The fourth-order valence-corrected chi connectivity index (χ4v) is 4.99. The molecule has 0 unspecified atom stereocenters. The number of hydrogen-bond acceptors (Lipinski definition) is 5. The molecule has 2 aromatic rings. The molecule has 26 heavy (non-hydrogen) atoms. The van der Waals surface area contributed by atoms with Gasteiger partial charge in [-0.05, 0) is 55.7 Å². The number of rotatable bonds is 6. The van der Waals surface area contributed by atoms with E-state index in [0.29, 0.717) is 17.9 Å². The Bertz CT molecular complexity index is 853. The number of benzene rings is 1. The lowest BCUT2D eigenvalue weighted by Gasteiger charge is -2.27. The molecule has 140 valence electrons. The topological polar surface area (TPSA) is 76.8 Å². The van der Waals surface area contributed by atoms with E-state index in [1.165, 1.54) is 6.26 Å². The third kappa shape index (κ3) is 4.66. The van der Waals surface area contributed by atoms with E-state index in [9.17, 15) is 13.2 Å². The van der Waals surface area contributed by atoms with Crippen molar-refractivity contribution in [3.63, 3.8) is 0 Å². The molecule has 6 nitrogen and oxygen atoms in total. The Hall–Kier alpha value is -2.28. The van der Waals surface area contributed by atoms with Gasteiger partial charge in [0, 0.05) is 6.04 Å². The molecule has 7 heteroatoms. The van der Waals surface area contributed by atoms with Crippen molar-refractivity contribution < 1.29 is 22.4 Å². The van der Waals surface area contributed by atoms with Crippen molar-refractivity contribution >= 4 is 15.7 Å². The van der Waals surface area contributed by atoms with E-state index in [2.05, 4.69) is 0 Å². The van der Waals surface area contributed by atoms with Gasteiger partial charge in [-0.15, -0.1) is 0 Å². The number of amides is 1. The second kappa shape index (κ2) is 7.53. The molecular formula is C19H23NO5S. The molecule has 1 atom stereocenters. The Morgan fingerprint density at radius 2 is 2.00 bits per heavy atom. The van der Waals surface area contributed by atoms with E-state index in [1.807, 2.05) is 32.0 Å². The van der Waals surface area contributed by atoms with Gasteiger partial charge in [-0.1, -0.05) is 6.07 Å². The molecule has 2 heterocycles. The quantitative estimate of drug-likeness (QED) is 0.773. The predicted molar refractivity (Wildman–Crippen MR) is 97.7 cm³/mol. The summed E-state index contributed by atoms with van der Waals surface area (Å²) in [6.07, 6.45) is 1.98. The lowest BCUT2D eigenvalue weighted by Crippen LogP contribution is -2.43. The second-order valence-corrected chi connectivity index (χ2v) is 9.00. The Morgan fingerprint density at radius 3 is 2.58 bits per heavy atom. The molecule has 1 aliphatic rings. The van der Waals surface area contributed by atoms with Crippen molar-refractivity contribution in [3.8, 4) is 5.75 Å². The highest BCUT2D eigenvalue weighted by Gasteiger charge is 2.35. The summed E-state index contributed by atoms with van der Waals surface area (Å²) >= 11 is 0. The SMILES string of the molecule is Cc1cc(C)cc(OCC(=O)N(Cc2ccco2)[C@@H]2CCS(=O)(=O)C2)c1. The molecule has 0 saturated carbocycles. The maximum Gasteiger partial charge on any atom is 0.261 e. The molecule has 0 radical (unpaired) electrons. The van der Waals surface area contributed by atoms with Crippen molar-refractivity contribution in [2.45, 2.75) is 32.9 Å². The van der Waals surface area contributed by atoms with Crippen LogP contribution in [0.3, 0.4) is 0 Å². The van der Waals surface area contributed by atoms with Gasteiger partial charge in [0.15, 0.2) is 16.4 Å². The van der Waals surface area contributed by atoms with E-state index >= 15 is 0 Å². The average molecular weight is 377 g/mol. The lowest BCUT2D eigenvalue weighted by molar-refractivity contribution is -0.136. The number of carbonyl (C=O) groups is 1. The first kappa shape index (κ1) is 18.5. The summed E-state index contributed by atoms with van der Waals surface area (Å²) in [5.74, 6) is 1.10. The van der Waals surface area contributed by atoms with Crippen LogP contribution in [-0.4, -0.2) is 43.4 Å². The molecule has 1 aromatic carbocycles. The first-order chi connectivity index (χ1) is 12.3. The molecule has 1 amide bonds. The maximum atomic E-state index is 12.8. The van der Waals surface area contributed by atoms with Crippen LogP contribution in [0.25, 0.3) is 0 Å². The highest BCUT2D eigenvalue weighted by atomic mass is 32.2. The van der Waals surface area contributed by atoms with Crippen LogP contribution in [0.4, 0.5) is 0 Å². The summed E-state index contributed by atoms with van der Waals surface area (Å²) in [5, 5.41) is 0. The first-order valence-electron chi connectivity index (χ1n) is 8.56. The third-order valence-corrected chi connectivity index (χ3v) is 6.18. The second-order valence-electron chi connectivity index (χ2n) is 6.77. The van der Waals surface area contributed by atoms with Crippen LogP contribution in [-0.2, 0) is 21.2 Å². The third-order valence-electron chi connectivity index (χ3n) is 4.43. The molecule has 1 aliphatic heterocycles. The Balaban J connectivity index is 1.71. The van der Waals surface area contributed by atoms with Gasteiger partial charge in [0.25, 0.3) is 5.91 Å². The maximum absolute atomic E-state index is 12.8. The van der Waals surface area contributed by atoms with Gasteiger partial charge in [0.1, 0.15) is 11.5 Å². The van der Waals surface area contributed by atoms with Crippen molar-refractivity contribution in [1.82, 2.24) is 4.90 Å². The number of sulfone groups is 1. The summed E-state index contributed by atoms with van der Waals surface area (Å²) in [5.41, 5.74) is 2.11. The van der Waals surface area contributed by atoms with E-state index in [4.69, 9.17) is 9.15 Å². The fraction of sp³-hybridized carbons (Fsp3) is 0.421. The van der Waals surface area contributed by atoms with Crippen molar-refractivity contribution in [3.05, 3.63) is 53.5 Å². The van der Waals surface area contributed by atoms with Crippen LogP contribution in [0, 0.1) is 13.8 Å². The zero-order valence-corrected chi connectivity index (χ0v) is 15.8. The zero-order chi connectivity index (χ0) is 18.7. The van der Waals surface area contributed by atoms with Gasteiger partial charge in [0.05, 0.1) is 24.3 Å². The minimum absolute atomic E-state index is 0.0109. The zero-order valence-electron chi connectivity index (χ0n) is 15.0. The predicted octanol–water partition coefficient (Wildman–Crippen LogP) is 2.49. The largest absolute Gasteiger partial charge is 0.484 e. The van der Waals surface area contributed by atoms with Crippen molar-refractivity contribution in [1.29, 1.82) is 0 Å². The Labute approximate surface area is 153 Å². The minimum atomic E-state index is -3.10. The molecule has 1 saturated heterocycles. The number of carbonyl (C=O) groups excluding carboxylic acids is 1. The van der Waals surface area contributed by atoms with Gasteiger partial charge < -0.3 is 14.1 Å². The Morgan fingerprint density at radius 1 is 1.27 bits per heavy atom. The normalized spacial score (nSPS) is 18.6. The summed E-state index contributed by atoms with van der Waals surface area (Å²) in [7, 11) is -3.10. The number of furan rings is 1. The summed E-state index contributed by atoms with van der Waals surface area (Å²) < 4.78 is 34.7. The molecular weight excluding hydrogens is 354 g/mol. The van der Waals surface area contributed by atoms with E-state index in [0.717, 1.165) is 11.1 Å². The molecule has 1 fully saturated rings. The van der Waals surface area contributed by atoms with Crippen LogP contribution in [0.15, 0.2) is 41.0 Å². The number of nitrogens with zero attached hydrogens (tertiary/aromatic N) is 1. The molecule has 1 aromatic heterocycles. The van der Waals surface area contributed by atoms with Gasteiger partial charge >= 0.3 is 0 Å². The standard InChI is InChI=1S/C19H23NO5S/c1-14-8-15(2)10-18(9-14)25-12-19(21)20(11-17-4-3-6-24-17)16-5-7-26(22,23)13-16/h3-4,6,8-10,16H,5,7,11-13H2,1-2H3/t16-/m1/s1. The summed E-state index contributed by atoms with van der Waals surface area (Å²) in [6, 6.07) is 8.94. The number of ether oxygens (including phenoxy) is 1. The molecule has 3 rings (SSSR count). The van der Waals surface area contributed by atoms with Gasteiger partial charge in [-0.25, -0.2) is 8.42 Å². The van der Waals surface area contributed by atoms with Gasteiger partial charge in [0.2, 0.25) is 0 Å². The number of aryl methyl sites for hydroxylation is 2. The van der Waals surface area contributed by atoms with Crippen LogP contribution in [0.2, 0.25) is 0 Å². The molecule has 0 N–H and O–H groups in total. The molecule has 0 aliphatic carbocycles. The van der Waals surface area contributed by atoms with Gasteiger partial charge in [-0.3, -0.25) is 4.79 Å². The van der Waals surface area contributed by atoms with Crippen molar-refractivity contribution in [2.75, 3.05) is 18.1 Å². The van der Waals surface area contributed by atoms with Crippen molar-refractivity contribution in [2.24, 2.45) is 0 Å². The first-order valence-corrected chi connectivity index (χ1v) is 10.4. The smallest absolute Gasteiger partial charge is 0.261 e. The van der Waals surface area contributed by atoms with E-state index in [1.54, 1.807) is 17.0 Å². The fourth-order valence-electron chi connectivity index (χ4n) is 3.26. The van der Waals surface area contributed by atoms with Crippen LogP contribution in [0.1, 0.15) is 23.3 Å². The number of hydrogen-bond donors (Lipinski definition) is 0. The highest BCUT2D eigenvalue weighted by molar-refractivity contribution is 7.91. The van der Waals surface area contributed by atoms with Gasteiger partial charge in [-0.2, -0.15) is 0 Å². The lowest BCUT2D eigenvalue weighted by atomic mass is 10.1. The minimum Gasteiger partial charge on any atom is -0.484 e. The monoisotopic (exact) mass is 377 g/mol. The summed E-state index contributed by atoms with van der Waals surface area (Å²) in [4.78, 5) is 14.3. The summed E-state index contributed by atoms with van der Waals surface area (Å²) in [6.45, 7) is 4.03. The molecule has 0 bridgehead atoms. The Kier molecular flexibility index (Phi) is 5.36. The molecule has 0 spiro atoms. The van der Waals surface area contributed by atoms with Crippen LogP contribution in [0.5, 0.6) is 5.75 Å². The average Bonchev–Trinajstić information content (AvgIpc) is 3.18.